The number of carbonyl (C=O) groups excluding carboxylic acids is 1. The molecule has 0 saturated heterocycles. The van der Waals surface area contributed by atoms with Gasteiger partial charge in [-0.25, -0.2) is 9.37 Å². The van der Waals surface area contributed by atoms with E-state index in [4.69, 9.17) is 8.94 Å². The van der Waals surface area contributed by atoms with Gasteiger partial charge >= 0.3 is 0 Å². The first kappa shape index (κ1) is 17.0. The monoisotopic (exact) mass is 365 g/mol. The molecule has 136 valence electrons. The normalized spacial score (nSPS) is 11.1. The Labute approximate surface area is 154 Å². The molecule has 0 N–H and O–H groups in total. The number of hydrogen-bond acceptors (Lipinski definition) is 5. The first-order valence-electron chi connectivity index (χ1n) is 8.34. The number of nitrogens with zero attached hydrogens (tertiary/aromatic N) is 3. The van der Waals surface area contributed by atoms with Crippen LogP contribution >= 0.6 is 0 Å². The second-order valence-electron chi connectivity index (χ2n) is 6.30. The van der Waals surface area contributed by atoms with Gasteiger partial charge < -0.3 is 13.8 Å². The molecule has 0 radical (unpaired) electrons. The summed E-state index contributed by atoms with van der Waals surface area (Å²) >= 11 is 0. The fourth-order valence-corrected chi connectivity index (χ4v) is 2.83. The van der Waals surface area contributed by atoms with Crippen molar-refractivity contribution in [2.24, 2.45) is 0 Å². The number of hydrogen-bond donors (Lipinski definition) is 0. The zero-order valence-corrected chi connectivity index (χ0v) is 14.8. The predicted molar refractivity (Wildman–Crippen MR) is 96.4 cm³/mol. The van der Waals surface area contributed by atoms with Crippen molar-refractivity contribution >= 4 is 17.0 Å². The van der Waals surface area contributed by atoms with Crippen LogP contribution in [0, 0.1) is 12.7 Å². The molecule has 0 saturated carbocycles. The van der Waals surface area contributed by atoms with Gasteiger partial charge in [-0.05, 0) is 43.3 Å². The topological polar surface area (TPSA) is 72.4 Å². The second kappa shape index (κ2) is 6.68. The fraction of sp³-hybridized carbons (Fsp3) is 0.150. The van der Waals surface area contributed by atoms with Gasteiger partial charge in [0, 0.05) is 24.2 Å². The molecule has 4 aromatic rings. The maximum absolute atomic E-state index is 13.4. The van der Waals surface area contributed by atoms with Crippen molar-refractivity contribution in [2.45, 2.75) is 13.5 Å². The Bertz CT molecular complexity index is 1130. The Balaban J connectivity index is 1.60. The smallest absolute Gasteiger partial charge is 0.254 e. The summed E-state index contributed by atoms with van der Waals surface area (Å²) in [5.74, 6) is 0.462. The van der Waals surface area contributed by atoms with E-state index >= 15 is 0 Å². The molecule has 4 rings (SSSR count). The number of fused-ring (bicyclic) bond motifs is 1. The second-order valence-corrected chi connectivity index (χ2v) is 6.30. The molecule has 2 aromatic heterocycles. The number of oxazole rings is 1. The molecule has 0 atom stereocenters. The molecule has 7 heteroatoms. The lowest BCUT2D eigenvalue weighted by atomic mass is 10.2. The van der Waals surface area contributed by atoms with E-state index in [0.717, 1.165) is 0 Å². The van der Waals surface area contributed by atoms with Crippen molar-refractivity contribution in [3.05, 3.63) is 71.4 Å². The summed E-state index contributed by atoms with van der Waals surface area (Å²) in [6, 6.07) is 12.8. The van der Waals surface area contributed by atoms with Gasteiger partial charge in [0.15, 0.2) is 5.58 Å². The van der Waals surface area contributed by atoms with E-state index < -0.39 is 0 Å². The van der Waals surface area contributed by atoms with Crippen LogP contribution in [-0.2, 0) is 6.54 Å². The molecule has 0 bridgehead atoms. The molecule has 0 fully saturated rings. The minimum absolute atomic E-state index is 0.173. The van der Waals surface area contributed by atoms with E-state index in [1.165, 1.54) is 12.1 Å². The summed E-state index contributed by atoms with van der Waals surface area (Å²) in [6.07, 6.45) is 0. The number of amides is 1. The molecular formula is C20H16FN3O3. The van der Waals surface area contributed by atoms with Crippen LogP contribution in [0.2, 0.25) is 0 Å². The van der Waals surface area contributed by atoms with Crippen molar-refractivity contribution in [3.63, 3.8) is 0 Å². The summed E-state index contributed by atoms with van der Waals surface area (Å²) in [4.78, 5) is 18.6. The largest absolute Gasteiger partial charge is 0.436 e. The van der Waals surface area contributed by atoms with Gasteiger partial charge in [0.2, 0.25) is 5.89 Å². The lowest BCUT2D eigenvalue weighted by Crippen LogP contribution is -2.26. The SMILES string of the molecule is Cc1cc(CN(C)C(=O)c2ccc3oc(-c4cccc(F)c4)nc3c2)no1. The van der Waals surface area contributed by atoms with E-state index in [9.17, 15) is 9.18 Å². The number of aromatic nitrogens is 2. The summed E-state index contributed by atoms with van der Waals surface area (Å²) in [5, 5.41) is 3.90. The van der Waals surface area contributed by atoms with Crippen molar-refractivity contribution in [1.82, 2.24) is 15.0 Å². The van der Waals surface area contributed by atoms with Crippen molar-refractivity contribution in [1.29, 1.82) is 0 Å². The molecule has 2 aromatic carbocycles. The zero-order chi connectivity index (χ0) is 19.0. The molecule has 1 amide bonds. The maximum atomic E-state index is 13.4. The summed E-state index contributed by atoms with van der Waals surface area (Å²) in [5.41, 5.74) is 2.76. The number of carbonyl (C=O) groups is 1. The van der Waals surface area contributed by atoms with E-state index in [-0.39, 0.29) is 11.7 Å². The minimum atomic E-state index is -0.365. The van der Waals surface area contributed by atoms with Crippen LogP contribution in [0.1, 0.15) is 21.8 Å². The lowest BCUT2D eigenvalue weighted by Gasteiger charge is -2.15. The highest BCUT2D eigenvalue weighted by atomic mass is 19.1. The highest BCUT2D eigenvalue weighted by molar-refractivity contribution is 5.97. The highest BCUT2D eigenvalue weighted by Gasteiger charge is 2.16. The Kier molecular flexibility index (Phi) is 4.19. The molecule has 0 unspecified atom stereocenters. The van der Waals surface area contributed by atoms with Gasteiger partial charge in [0.25, 0.3) is 5.91 Å². The predicted octanol–water partition coefficient (Wildman–Crippen LogP) is 4.20. The van der Waals surface area contributed by atoms with Crippen LogP contribution in [-0.4, -0.2) is 28.0 Å². The fourth-order valence-electron chi connectivity index (χ4n) is 2.83. The molecular weight excluding hydrogens is 349 g/mol. The molecule has 0 spiro atoms. The number of benzene rings is 2. The Morgan fingerprint density at radius 2 is 2.04 bits per heavy atom. The number of aryl methyl sites for hydroxylation is 1. The quantitative estimate of drug-likeness (QED) is 0.542. The first-order valence-corrected chi connectivity index (χ1v) is 8.34. The third-order valence-electron chi connectivity index (χ3n) is 4.13. The highest BCUT2D eigenvalue weighted by Crippen LogP contribution is 2.25. The minimum Gasteiger partial charge on any atom is -0.436 e. The van der Waals surface area contributed by atoms with Crippen LogP contribution in [0.25, 0.3) is 22.6 Å². The van der Waals surface area contributed by atoms with Crippen LogP contribution in [0.15, 0.2) is 57.5 Å². The van der Waals surface area contributed by atoms with Crippen LogP contribution in [0.3, 0.4) is 0 Å². The molecule has 27 heavy (non-hydrogen) atoms. The van der Waals surface area contributed by atoms with Gasteiger partial charge in [0.05, 0.1) is 6.54 Å². The first-order chi connectivity index (χ1) is 13.0. The molecule has 0 aliphatic heterocycles. The Morgan fingerprint density at radius 3 is 2.78 bits per heavy atom. The third-order valence-corrected chi connectivity index (χ3v) is 4.13. The average molecular weight is 365 g/mol. The van der Waals surface area contributed by atoms with Crippen molar-refractivity contribution in [3.8, 4) is 11.5 Å². The molecule has 0 aliphatic rings. The molecule has 2 heterocycles. The Hall–Kier alpha value is -3.48. The van der Waals surface area contributed by atoms with Gasteiger partial charge in [0.1, 0.15) is 22.8 Å². The summed E-state index contributed by atoms with van der Waals surface area (Å²) in [6.45, 7) is 2.13. The Morgan fingerprint density at radius 1 is 1.19 bits per heavy atom. The van der Waals surface area contributed by atoms with Crippen molar-refractivity contribution in [2.75, 3.05) is 7.05 Å². The number of rotatable bonds is 4. The van der Waals surface area contributed by atoms with Gasteiger partial charge in [-0.3, -0.25) is 4.79 Å². The van der Waals surface area contributed by atoms with Crippen LogP contribution in [0.4, 0.5) is 4.39 Å². The van der Waals surface area contributed by atoms with E-state index in [1.54, 1.807) is 55.3 Å². The van der Waals surface area contributed by atoms with Crippen molar-refractivity contribution < 1.29 is 18.1 Å². The lowest BCUT2D eigenvalue weighted by molar-refractivity contribution is 0.0782. The third kappa shape index (κ3) is 3.44. The standard InChI is InChI=1S/C20H16FN3O3/c1-12-8-16(23-27-12)11-24(2)20(25)14-6-7-18-17(10-14)22-19(26-18)13-4-3-5-15(21)9-13/h3-10H,11H2,1-2H3. The molecule has 6 nitrogen and oxygen atoms in total. The van der Waals surface area contributed by atoms with Crippen LogP contribution in [0.5, 0.6) is 0 Å². The summed E-state index contributed by atoms with van der Waals surface area (Å²) < 4.78 is 24.1. The maximum Gasteiger partial charge on any atom is 0.254 e. The van der Waals surface area contributed by atoms with Gasteiger partial charge in [-0.1, -0.05) is 11.2 Å². The van der Waals surface area contributed by atoms with E-state index in [1.807, 2.05) is 0 Å². The van der Waals surface area contributed by atoms with Gasteiger partial charge in [-0.2, -0.15) is 0 Å². The summed E-state index contributed by atoms with van der Waals surface area (Å²) in [7, 11) is 1.69. The van der Waals surface area contributed by atoms with E-state index in [0.29, 0.717) is 46.1 Å². The van der Waals surface area contributed by atoms with Gasteiger partial charge in [-0.15, -0.1) is 0 Å². The zero-order valence-electron chi connectivity index (χ0n) is 14.8. The number of halogens is 1. The molecule has 0 aliphatic carbocycles. The van der Waals surface area contributed by atoms with E-state index in [2.05, 4.69) is 10.1 Å². The van der Waals surface area contributed by atoms with Crippen LogP contribution < -0.4 is 0 Å². The average Bonchev–Trinajstić information content (AvgIpc) is 3.26.